The van der Waals surface area contributed by atoms with Crippen molar-refractivity contribution in [1.29, 1.82) is 0 Å². The Bertz CT molecular complexity index is 1360. The molecular weight excluding hydrogens is 468 g/mol. The minimum Gasteiger partial charge on any atom is -0.376 e. The zero-order valence-electron chi connectivity index (χ0n) is 16.9. The van der Waals surface area contributed by atoms with E-state index in [0.29, 0.717) is 39.2 Å². The Morgan fingerprint density at radius 1 is 1.31 bits per heavy atom. The monoisotopic (exact) mass is 486 g/mol. The van der Waals surface area contributed by atoms with E-state index in [1.54, 1.807) is 35.0 Å². The van der Waals surface area contributed by atoms with Crippen molar-refractivity contribution >= 4 is 66.7 Å². The van der Waals surface area contributed by atoms with Gasteiger partial charge >= 0.3 is 0 Å². The number of hydrogen-bond donors (Lipinski definition) is 1. The van der Waals surface area contributed by atoms with Crippen LogP contribution in [0, 0.1) is 0 Å². The van der Waals surface area contributed by atoms with Gasteiger partial charge in [-0.3, -0.25) is 14.2 Å². The topological polar surface area (TPSA) is 86.1 Å². The van der Waals surface area contributed by atoms with Gasteiger partial charge in [-0.1, -0.05) is 35.5 Å². The van der Waals surface area contributed by atoms with Gasteiger partial charge in [-0.05, 0) is 37.1 Å². The molecule has 1 aliphatic rings. The van der Waals surface area contributed by atoms with Gasteiger partial charge in [0.1, 0.15) is 9.53 Å². The molecule has 1 atom stereocenters. The molecule has 1 aliphatic heterocycles. The number of nitrogens with one attached hydrogen (secondary N) is 1. The molecule has 1 amide bonds. The number of anilines is 1. The van der Waals surface area contributed by atoms with Gasteiger partial charge in [0.25, 0.3) is 5.56 Å². The van der Waals surface area contributed by atoms with Crippen LogP contribution in [0.15, 0.2) is 52.5 Å². The van der Waals surface area contributed by atoms with Crippen molar-refractivity contribution in [2.24, 2.45) is 0 Å². The standard InChI is InChI=1S/C22H19ClN4O3S2/c23-15-7-1-2-8-16(15)25-17(28)12-31-22-26-18-14-6-3-9-24-20(14)32-19(18)21(29)27(22)11-13-5-4-10-30-13/h1-3,6-9,13H,4-5,10-12H2,(H,25,28)/t13-/m0/s1. The molecule has 0 spiro atoms. The first-order valence-corrected chi connectivity index (χ1v) is 12.3. The highest BCUT2D eigenvalue weighted by atomic mass is 35.5. The summed E-state index contributed by atoms with van der Waals surface area (Å²) in [6.45, 7) is 1.11. The first-order valence-electron chi connectivity index (χ1n) is 10.2. The van der Waals surface area contributed by atoms with Crippen molar-refractivity contribution in [3.63, 3.8) is 0 Å². The Labute approximate surface area is 196 Å². The van der Waals surface area contributed by atoms with Crippen molar-refractivity contribution in [3.05, 3.63) is 58.0 Å². The number of nitrogens with zero attached hydrogens (tertiary/aromatic N) is 3. The van der Waals surface area contributed by atoms with Gasteiger partial charge < -0.3 is 10.1 Å². The number of carbonyl (C=O) groups is 1. The number of carbonyl (C=O) groups excluding carboxylic acids is 1. The lowest BCUT2D eigenvalue weighted by atomic mass is 10.2. The first-order chi connectivity index (χ1) is 15.6. The molecule has 164 valence electrons. The number of hydrogen-bond acceptors (Lipinski definition) is 7. The molecule has 0 unspecified atom stereocenters. The van der Waals surface area contributed by atoms with E-state index in [2.05, 4.69) is 10.3 Å². The minimum atomic E-state index is -0.224. The number of rotatable bonds is 6. The number of thioether (sulfide) groups is 1. The van der Waals surface area contributed by atoms with Crippen LogP contribution < -0.4 is 10.9 Å². The van der Waals surface area contributed by atoms with Crippen LogP contribution in [0.3, 0.4) is 0 Å². The predicted octanol–water partition coefficient (Wildman–Crippen LogP) is 4.57. The molecule has 5 rings (SSSR count). The van der Waals surface area contributed by atoms with Crippen LogP contribution in [0.1, 0.15) is 12.8 Å². The molecule has 4 aromatic rings. The van der Waals surface area contributed by atoms with E-state index >= 15 is 0 Å². The average molecular weight is 487 g/mol. The highest BCUT2D eigenvalue weighted by molar-refractivity contribution is 7.99. The molecular formula is C22H19ClN4O3S2. The molecule has 1 N–H and O–H groups in total. The maximum atomic E-state index is 13.4. The molecule has 4 heterocycles. The van der Waals surface area contributed by atoms with Crippen LogP contribution in [0.2, 0.25) is 5.02 Å². The summed E-state index contributed by atoms with van der Waals surface area (Å²) in [5.41, 5.74) is 1.05. The zero-order valence-corrected chi connectivity index (χ0v) is 19.3. The van der Waals surface area contributed by atoms with Crippen molar-refractivity contribution in [1.82, 2.24) is 14.5 Å². The SMILES string of the molecule is O=C(CSc1nc2c(sc3ncccc32)c(=O)n1C[C@@H]1CCCO1)Nc1ccccc1Cl. The second-order valence-electron chi connectivity index (χ2n) is 7.40. The summed E-state index contributed by atoms with van der Waals surface area (Å²) in [6.07, 6.45) is 3.55. The molecule has 0 bridgehead atoms. The van der Waals surface area contributed by atoms with E-state index in [4.69, 9.17) is 21.3 Å². The number of halogens is 1. The number of ether oxygens (including phenoxy) is 1. The highest BCUT2D eigenvalue weighted by Crippen LogP contribution is 2.31. The fourth-order valence-electron chi connectivity index (χ4n) is 3.68. The summed E-state index contributed by atoms with van der Waals surface area (Å²) in [5.74, 6) is -0.132. The fraction of sp³-hybridized carbons (Fsp3) is 0.273. The Kier molecular flexibility index (Phi) is 6.14. The fourth-order valence-corrected chi connectivity index (χ4v) is 5.70. The van der Waals surface area contributed by atoms with Crippen LogP contribution in [0.25, 0.3) is 20.4 Å². The average Bonchev–Trinajstić information content (AvgIpc) is 3.44. The number of pyridine rings is 1. The predicted molar refractivity (Wildman–Crippen MR) is 129 cm³/mol. The summed E-state index contributed by atoms with van der Waals surface area (Å²) in [4.78, 5) is 35.9. The van der Waals surface area contributed by atoms with Gasteiger partial charge in [-0.15, -0.1) is 11.3 Å². The highest BCUT2D eigenvalue weighted by Gasteiger charge is 2.22. The zero-order chi connectivity index (χ0) is 22.1. The molecule has 10 heteroatoms. The largest absolute Gasteiger partial charge is 0.376 e. The summed E-state index contributed by atoms with van der Waals surface area (Å²) < 4.78 is 7.97. The number of amides is 1. The van der Waals surface area contributed by atoms with E-state index in [1.165, 1.54) is 23.1 Å². The van der Waals surface area contributed by atoms with Gasteiger partial charge in [0.2, 0.25) is 5.91 Å². The van der Waals surface area contributed by atoms with Crippen molar-refractivity contribution in [2.45, 2.75) is 30.6 Å². The Balaban J connectivity index is 1.48. The minimum absolute atomic E-state index is 0.0317. The third-order valence-corrected chi connectivity index (χ3v) is 7.61. The first kappa shape index (κ1) is 21.4. The molecule has 1 aromatic carbocycles. The van der Waals surface area contributed by atoms with Gasteiger partial charge in [0.15, 0.2) is 5.16 Å². The van der Waals surface area contributed by atoms with E-state index < -0.39 is 0 Å². The summed E-state index contributed by atoms with van der Waals surface area (Å²) in [5, 5.41) is 4.62. The normalized spacial score (nSPS) is 16.1. The lowest BCUT2D eigenvalue weighted by Crippen LogP contribution is -2.28. The van der Waals surface area contributed by atoms with E-state index in [1.807, 2.05) is 12.1 Å². The van der Waals surface area contributed by atoms with Crippen LogP contribution in [0.5, 0.6) is 0 Å². The summed E-state index contributed by atoms with van der Waals surface area (Å²) >= 11 is 8.71. The number of thiophene rings is 1. The number of aromatic nitrogens is 3. The third-order valence-electron chi connectivity index (χ3n) is 5.21. The molecule has 0 saturated carbocycles. The maximum Gasteiger partial charge on any atom is 0.272 e. The summed E-state index contributed by atoms with van der Waals surface area (Å²) in [6, 6.07) is 10.8. The Hall–Kier alpha value is -2.46. The van der Waals surface area contributed by atoms with Gasteiger partial charge in [0, 0.05) is 18.2 Å². The third kappa shape index (κ3) is 4.25. The van der Waals surface area contributed by atoms with Crippen LogP contribution in [-0.4, -0.2) is 38.9 Å². The van der Waals surface area contributed by atoms with Gasteiger partial charge in [-0.2, -0.15) is 0 Å². The summed E-state index contributed by atoms with van der Waals surface area (Å²) in [7, 11) is 0. The Morgan fingerprint density at radius 2 is 2.19 bits per heavy atom. The number of fused-ring (bicyclic) bond motifs is 3. The van der Waals surface area contributed by atoms with Crippen molar-refractivity contribution < 1.29 is 9.53 Å². The number of para-hydroxylation sites is 1. The second kappa shape index (κ2) is 9.19. The van der Waals surface area contributed by atoms with Crippen molar-refractivity contribution in [3.8, 4) is 0 Å². The van der Waals surface area contributed by atoms with Crippen LogP contribution >= 0.6 is 34.7 Å². The van der Waals surface area contributed by atoms with Crippen molar-refractivity contribution in [2.75, 3.05) is 17.7 Å². The van der Waals surface area contributed by atoms with E-state index in [-0.39, 0.29) is 23.3 Å². The molecule has 1 fully saturated rings. The lowest BCUT2D eigenvalue weighted by molar-refractivity contribution is -0.113. The van der Waals surface area contributed by atoms with Gasteiger partial charge in [-0.25, -0.2) is 9.97 Å². The lowest BCUT2D eigenvalue weighted by Gasteiger charge is -2.15. The molecule has 0 radical (unpaired) electrons. The smallest absolute Gasteiger partial charge is 0.272 e. The quantitative estimate of drug-likeness (QED) is 0.317. The van der Waals surface area contributed by atoms with Gasteiger partial charge in [0.05, 0.1) is 34.6 Å². The second-order valence-corrected chi connectivity index (χ2v) is 9.75. The van der Waals surface area contributed by atoms with E-state index in [9.17, 15) is 9.59 Å². The molecule has 7 nitrogen and oxygen atoms in total. The maximum absolute atomic E-state index is 13.4. The van der Waals surface area contributed by atoms with E-state index in [0.717, 1.165) is 23.1 Å². The van der Waals surface area contributed by atoms with Crippen LogP contribution in [0.4, 0.5) is 5.69 Å². The molecule has 3 aromatic heterocycles. The molecule has 32 heavy (non-hydrogen) atoms. The molecule has 0 aliphatic carbocycles. The van der Waals surface area contributed by atoms with Crippen LogP contribution in [-0.2, 0) is 16.1 Å². The Morgan fingerprint density at radius 3 is 3.00 bits per heavy atom. The number of benzene rings is 1. The molecule has 1 saturated heterocycles.